The molecular formula is C31H29Cl2FN5O4+. The highest BCUT2D eigenvalue weighted by atomic mass is 35.5. The fraction of sp³-hybridized carbons (Fsp3) is 0.323. The van der Waals surface area contributed by atoms with Crippen LogP contribution in [-0.4, -0.2) is 52.8 Å². The van der Waals surface area contributed by atoms with Crippen molar-refractivity contribution in [2.45, 2.75) is 44.6 Å². The molecule has 1 fully saturated rings. The van der Waals surface area contributed by atoms with Crippen LogP contribution in [0, 0.1) is 11.2 Å². The SMILES string of the molecule is COc1cc(C(N)=O)ccc1N1C[N+]2=C(CC(C)(C)C)[C@@]3(C(=O)Nc4cc(Cl)ncc43)[C@@H](c3cccc(Cl)c3F)[C@@H]2C1=O. The van der Waals surface area contributed by atoms with Gasteiger partial charge >= 0.3 is 5.91 Å². The van der Waals surface area contributed by atoms with Crippen molar-refractivity contribution in [2.75, 3.05) is 24.0 Å². The number of nitrogens with one attached hydrogen (secondary N) is 1. The molecule has 6 rings (SSSR count). The molecule has 1 spiro atoms. The van der Waals surface area contributed by atoms with Crippen LogP contribution in [0.25, 0.3) is 0 Å². The van der Waals surface area contributed by atoms with Crippen molar-refractivity contribution in [3.05, 3.63) is 81.3 Å². The minimum atomic E-state index is -1.47. The van der Waals surface area contributed by atoms with E-state index in [0.717, 1.165) is 0 Å². The summed E-state index contributed by atoms with van der Waals surface area (Å²) in [5.41, 5.74) is 6.05. The van der Waals surface area contributed by atoms with E-state index in [-0.39, 0.29) is 45.0 Å². The first kappa shape index (κ1) is 29.1. The van der Waals surface area contributed by atoms with Gasteiger partial charge in [-0.1, -0.05) is 56.1 Å². The summed E-state index contributed by atoms with van der Waals surface area (Å²) in [5.74, 6) is -2.86. The van der Waals surface area contributed by atoms with Gasteiger partial charge in [-0.05, 0) is 35.7 Å². The molecule has 3 amide bonds. The molecule has 3 N–H and O–H groups in total. The Balaban J connectivity index is 1.65. The molecule has 3 aromatic rings. The first-order valence-corrected chi connectivity index (χ1v) is 14.4. The Kier molecular flexibility index (Phi) is 6.78. The molecule has 0 unspecified atom stereocenters. The number of fused-ring (bicyclic) bond motifs is 3. The Morgan fingerprint density at radius 3 is 2.65 bits per heavy atom. The van der Waals surface area contributed by atoms with Crippen LogP contribution in [0.2, 0.25) is 10.2 Å². The molecule has 1 saturated heterocycles. The van der Waals surface area contributed by atoms with Crippen LogP contribution < -0.4 is 20.7 Å². The number of nitrogens with two attached hydrogens (primary N) is 1. The molecule has 3 aliphatic heterocycles. The molecule has 3 atom stereocenters. The summed E-state index contributed by atoms with van der Waals surface area (Å²) in [5, 5.41) is 3.01. The van der Waals surface area contributed by atoms with Gasteiger partial charge in [-0.15, -0.1) is 0 Å². The first-order valence-electron chi connectivity index (χ1n) is 13.6. The number of methoxy groups -OCH3 is 1. The quantitative estimate of drug-likeness (QED) is 0.310. The maximum Gasteiger partial charge on any atom is 0.301 e. The second-order valence-corrected chi connectivity index (χ2v) is 13.0. The monoisotopic (exact) mass is 624 g/mol. The van der Waals surface area contributed by atoms with Gasteiger partial charge in [0.25, 0.3) is 0 Å². The molecule has 222 valence electrons. The van der Waals surface area contributed by atoms with Crippen molar-refractivity contribution < 1.29 is 28.1 Å². The fourth-order valence-electron chi connectivity index (χ4n) is 6.76. The molecule has 0 radical (unpaired) electrons. The molecular weight excluding hydrogens is 596 g/mol. The molecule has 0 aliphatic carbocycles. The summed E-state index contributed by atoms with van der Waals surface area (Å²) in [6.45, 7) is 6.15. The van der Waals surface area contributed by atoms with E-state index in [1.807, 2.05) is 25.3 Å². The predicted octanol–water partition coefficient (Wildman–Crippen LogP) is 4.88. The average Bonchev–Trinajstić information content (AvgIpc) is 3.52. The largest absolute Gasteiger partial charge is 0.495 e. The molecule has 9 nitrogen and oxygen atoms in total. The number of hydrogen-bond donors (Lipinski definition) is 2. The highest BCUT2D eigenvalue weighted by Crippen LogP contribution is 2.57. The minimum Gasteiger partial charge on any atom is -0.495 e. The molecule has 2 aromatic carbocycles. The Bertz CT molecular complexity index is 1770. The Morgan fingerprint density at radius 2 is 1.98 bits per heavy atom. The van der Waals surface area contributed by atoms with Crippen molar-refractivity contribution in [1.82, 2.24) is 4.98 Å². The van der Waals surface area contributed by atoms with Gasteiger partial charge in [0.15, 0.2) is 11.1 Å². The van der Waals surface area contributed by atoms with E-state index < -0.39 is 35.0 Å². The van der Waals surface area contributed by atoms with Crippen molar-refractivity contribution in [2.24, 2.45) is 11.1 Å². The highest BCUT2D eigenvalue weighted by Gasteiger charge is 2.73. The summed E-state index contributed by atoms with van der Waals surface area (Å²) in [7, 11) is 1.43. The van der Waals surface area contributed by atoms with Crippen LogP contribution >= 0.6 is 23.2 Å². The number of halogens is 3. The number of nitrogens with zero attached hydrogens (tertiary/aromatic N) is 3. The van der Waals surface area contributed by atoms with Gasteiger partial charge in [0, 0.05) is 29.3 Å². The van der Waals surface area contributed by atoms with Crippen LogP contribution in [0.5, 0.6) is 5.75 Å². The van der Waals surface area contributed by atoms with Crippen LogP contribution in [0.1, 0.15) is 54.6 Å². The third-order valence-electron chi connectivity index (χ3n) is 8.40. The normalized spacial score (nSPS) is 22.7. The van der Waals surface area contributed by atoms with Gasteiger partial charge in [-0.2, -0.15) is 0 Å². The number of amides is 3. The van der Waals surface area contributed by atoms with Gasteiger partial charge in [0.1, 0.15) is 16.7 Å². The molecule has 4 heterocycles. The van der Waals surface area contributed by atoms with E-state index in [1.165, 1.54) is 36.4 Å². The molecule has 1 aromatic heterocycles. The van der Waals surface area contributed by atoms with E-state index >= 15 is 4.39 Å². The molecule has 3 aliphatic rings. The lowest BCUT2D eigenvalue weighted by Gasteiger charge is -2.32. The second-order valence-electron chi connectivity index (χ2n) is 12.2. The first-order chi connectivity index (χ1) is 20.3. The Hall–Kier alpha value is -4.02. The van der Waals surface area contributed by atoms with Crippen molar-refractivity contribution in [3.8, 4) is 5.75 Å². The number of benzene rings is 2. The van der Waals surface area contributed by atoms with E-state index in [9.17, 15) is 14.4 Å². The number of rotatable bonds is 5. The highest BCUT2D eigenvalue weighted by molar-refractivity contribution is 6.31. The van der Waals surface area contributed by atoms with Crippen LogP contribution in [0.3, 0.4) is 0 Å². The molecule has 43 heavy (non-hydrogen) atoms. The summed E-state index contributed by atoms with van der Waals surface area (Å²) in [6.07, 6.45) is 1.93. The van der Waals surface area contributed by atoms with Crippen LogP contribution in [0.4, 0.5) is 15.8 Å². The number of carbonyl (C=O) groups excluding carboxylic acids is 3. The Labute approximate surface area is 257 Å². The van der Waals surface area contributed by atoms with Gasteiger partial charge in [-0.25, -0.2) is 18.8 Å². The molecule has 0 saturated carbocycles. The zero-order chi connectivity index (χ0) is 31.0. The second kappa shape index (κ2) is 10.0. The number of pyridine rings is 1. The topological polar surface area (TPSA) is 118 Å². The van der Waals surface area contributed by atoms with Gasteiger partial charge in [0.2, 0.25) is 24.5 Å². The molecule has 0 bridgehead atoms. The fourth-order valence-corrected chi connectivity index (χ4v) is 7.10. The smallest absolute Gasteiger partial charge is 0.301 e. The van der Waals surface area contributed by atoms with E-state index in [4.69, 9.17) is 33.7 Å². The standard InChI is InChI=1S/C31H28Cl2FN5O4/c1-30(2,3)12-22-31(17-13-36-23(33)11-19(17)37-29(31)42)24(16-6-5-7-18(32)25(16)34)26-28(41)38(14-39(22)26)20-9-8-15(27(35)40)10-21(20)43-4/h5-11,13,24,26H,12,14H2,1-4H3,(H2-,35,36,37,40,42)/p+1/t24-,26+,31+/m0/s1. The van der Waals surface area contributed by atoms with Crippen molar-refractivity contribution in [3.63, 3.8) is 0 Å². The Morgan fingerprint density at radius 1 is 1.23 bits per heavy atom. The number of carbonyl (C=O) groups is 3. The summed E-state index contributed by atoms with van der Waals surface area (Å²) >= 11 is 12.5. The lowest BCUT2D eigenvalue weighted by atomic mass is 9.63. The third-order valence-corrected chi connectivity index (χ3v) is 8.90. The van der Waals surface area contributed by atoms with Gasteiger partial charge in [0.05, 0.1) is 29.4 Å². The maximum absolute atomic E-state index is 16.0. The van der Waals surface area contributed by atoms with Crippen LogP contribution in [0.15, 0.2) is 48.7 Å². The summed E-state index contributed by atoms with van der Waals surface area (Å²) in [6, 6.07) is 9.76. The van der Waals surface area contributed by atoms with Crippen LogP contribution in [-0.2, 0) is 15.0 Å². The van der Waals surface area contributed by atoms with Crippen molar-refractivity contribution >= 4 is 58.0 Å². The van der Waals surface area contributed by atoms with Crippen molar-refractivity contribution in [1.29, 1.82) is 0 Å². The summed E-state index contributed by atoms with van der Waals surface area (Å²) < 4.78 is 23.5. The number of ether oxygens (including phenoxy) is 1. The number of primary amides is 1. The predicted molar refractivity (Wildman–Crippen MR) is 161 cm³/mol. The average molecular weight is 626 g/mol. The van der Waals surface area contributed by atoms with Gasteiger partial charge < -0.3 is 15.8 Å². The number of hydrogen-bond acceptors (Lipinski definition) is 5. The van der Waals surface area contributed by atoms with E-state index in [2.05, 4.69) is 10.3 Å². The lowest BCUT2D eigenvalue weighted by Crippen LogP contribution is -2.50. The number of aromatic nitrogens is 1. The third kappa shape index (κ3) is 4.30. The van der Waals surface area contributed by atoms with E-state index in [0.29, 0.717) is 29.1 Å². The maximum atomic E-state index is 16.0. The van der Waals surface area contributed by atoms with E-state index in [1.54, 1.807) is 24.3 Å². The lowest BCUT2D eigenvalue weighted by molar-refractivity contribution is -0.531. The zero-order valence-corrected chi connectivity index (χ0v) is 25.4. The summed E-state index contributed by atoms with van der Waals surface area (Å²) in [4.78, 5) is 46.6. The zero-order valence-electron chi connectivity index (χ0n) is 23.9. The minimum absolute atomic E-state index is 0.0469. The number of anilines is 2. The van der Waals surface area contributed by atoms with Gasteiger partial charge in [-0.3, -0.25) is 14.4 Å². The molecule has 12 heteroatoms.